The van der Waals surface area contributed by atoms with Crippen molar-refractivity contribution in [2.75, 3.05) is 25.0 Å². The Bertz CT molecular complexity index is 952. The number of aromatic nitrogens is 3. The van der Waals surface area contributed by atoms with E-state index in [0.29, 0.717) is 11.1 Å². The van der Waals surface area contributed by atoms with E-state index in [0.717, 1.165) is 30.5 Å². The molecule has 0 saturated carbocycles. The molecule has 1 saturated heterocycles. The second kappa shape index (κ2) is 6.63. The minimum atomic E-state index is -0.451. The molecule has 0 aromatic carbocycles. The molecular formula is C16H21Cl2N5O2. The number of pyridine rings is 1. The Labute approximate surface area is 155 Å². The van der Waals surface area contributed by atoms with Gasteiger partial charge in [-0.05, 0) is 19.4 Å². The third-order valence-corrected chi connectivity index (χ3v) is 5.73. The third-order valence-electron chi connectivity index (χ3n) is 5.00. The molecule has 0 N–H and O–H groups in total. The van der Waals surface area contributed by atoms with Crippen LogP contribution in [0.15, 0.2) is 9.59 Å². The van der Waals surface area contributed by atoms with Crippen molar-refractivity contribution in [3.63, 3.8) is 0 Å². The van der Waals surface area contributed by atoms with Gasteiger partial charge in [0.2, 0.25) is 0 Å². The number of aryl methyl sites for hydroxylation is 1. The average Bonchev–Trinajstić information content (AvgIpc) is 3.08. The number of hydrogen-bond acceptors (Lipinski definition) is 5. The van der Waals surface area contributed by atoms with Gasteiger partial charge < -0.3 is 4.90 Å². The number of fused-ring (bicyclic) bond motifs is 1. The minimum Gasteiger partial charge on any atom is -0.357 e. The number of anilines is 1. The van der Waals surface area contributed by atoms with Crippen LogP contribution in [-0.2, 0) is 14.1 Å². The van der Waals surface area contributed by atoms with Gasteiger partial charge in [0.05, 0.1) is 11.9 Å². The van der Waals surface area contributed by atoms with Gasteiger partial charge in [0.1, 0.15) is 10.4 Å². The van der Waals surface area contributed by atoms with Gasteiger partial charge in [-0.3, -0.25) is 18.8 Å². The Hall–Kier alpha value is -1.57. The van der Waals surface area contributed by atoms with Crippen LogP contribution in [0, 0.1) is 0 Å². The molecule has 25 heavy (non-hydrogen) atoms. The third kappa shape index (κ3) is 2.74. The lowest BCUT2D eigenvalue weighted by molar-refractivity contribution is 0.265. The molecule has 1 aliphatic heterocycles. The maximum atomic E-state index is 12.8. The van der Waals surface area contributed by atoms with Crippen LogP contribution < -0.4 is 16.1 Å². The van der Waals surface area contributed by atoms with Crippen molar-refractivity contribution in [2.24, 2.45) is 14.1 Å². The van der Waals surface area contributed by atoms with Crippen molar-refractivity contribution < 1.29 is 0 Å². The summed E-state index contributed by atoms with van der Waals surface area (Å²) in [5.41, 5.74) is -0.108. The van der Waals surface area contributed by atoms with Crippen molar-refractivity contribution in [3.8, 4) is 0 Å². The molecule has 1 unspecified atom stereocenters. The smallest absolute Gasteiger partial charge is 0.332 e. The van der Waals surface area contributed by atoms with E-state index in [9.17, 15) is 9.59 Å². The predicted molar refractivity (Wildman–Crippen MR) is 101 cm³/mol. The summed E-state index contributed by atoms with van der Waals surface area (Å²) < 4.78 is 2.39. The second-order valence-electron chi connectivity index (χ2n) is 6.33. The van der Waals surface area contributed by atoms with Crippen LogP contribution in [0.5, 0.6) is 0 Å². The maximum Gasteiger partial charge on any atom is 0.332 e. The van der Waals surface area contributed by atoms with E-state index in [2.05, 4.69) is 16.8 Å². The van der Waals surface area contributed by atoms with E-state index in [1.807, 2.05) is 11.9 Å². The van der Waals surface area contributed by atoms with Gasteiger partial charge in [-0.25, -0.2) is 9.78 Å². The monoisotopic (exact) mass is 385 g/mol. The molecule has 2 aromatic heterocycles. The average molecular weight is 386 g/mol. The highest BCUT2D eigenvalue weighted by molar-refractivity contribution is 6.44. The van der Waals surface area contributed by atoms with Gasteiger partial charge in [0, 0.05) is 27.7 Å². The van der Waals surface area contributed by atoms with Gasteiger partial charge in [0.15, 0.2) is 10.8 Å². The summed E-state index contributed by atoms with van der Waals surface area (Å²) in [7, 11) is 4.92. The fourth-order valence-corrected chi connectivity index (χ4v) is 4.06. The SMILES string of the molecule is CCN1CCCC1N(C)c1c(Cl)c(Cl)nc2c1c(=O)n(C)c(=O)n2C. The van der Waals surface area contributed by atoms with Crippen LogP contribution in [0.1, 0.15) is 19.8 Å². The van der Waals surface area contributed by atoms with Crippen LogP contribution >= 0.6 is 23.2 Å². The van der Waals surface area contributed by atoms with Crippen LogP contribution in [-0.4, -0.2) is 45.3 Å². The van der Waals surface area contributed by atoms with Gasteiger partial charge in [-0.15, -0.1) is 0 Å². The Morgan fingerprint density at radius 2 is 1.92 bits per heavy atom. The molecule has 1 atom stereocenters. The zero-order valence-corrected chi connectivity index (χ0v) is 16.2. The molecule has 1 aliphatic rings. The van der Waals surface area contributed by atoms with E-state index in [1.54, 1.807) is 7.05 Å². The van der Waals surface area contributed by atoms with Gasteiger partial charge in [-0.2, -0.15) is 0 Å². The van der Waals surface area contributed by atoms with Crippen molar-refractivity contribution in [3.05, 3.63) is 31.0 Å². The molecule has 9 heteroatoms. The Morgan fingerprint density at radius 1 is 1.24 bits per heavy atom. The molecule has 7 nitrogen and oxygen atoms in total. The first-order chi connectivity index (χ1) is 11.8. The lowest BCUT2D eigenvalue weighted by atomic mass is 10.2. The maximum absolute atomic E-state index is 12.8. The van der Waals surface area contributed by atoms with E-state index < -0.39 is 11.2 Å². The zero-order valence-electron chi connectivity index (χ0n) is 14.7. The molecule has 3 rings (SSSR count). The first kappa shape index (κ1) is 18.2. The van der Waals surface area contributed by atoms with Crippen LogP contribution in [0.25, 0.3) is 11.0 Å². The van der Waals surface area contributed by atoms with E-state index in [-0.39, 0.29) is 22.0 Å². The molecule has 1 fully saturated rings. The van der Waals surface area contributed by atoms with Crippen molar-refractivity contribution in [1.29, 1.82) is 0 Å². The standard InChI is InChI=1S/C16H21Cl2N5O2/c1-5-23-8-6-7-9(23)20(2)12-10-14(19-13(18)11(12)17)21(3)16(25)22(4)15(10)24/h9H,5-8H2,1-4H3. The number of hydrogen-bond donors (Lipinski definition) is 0. The van der Waals surface area contributed by atoms with Crippen molar-refractivity contribution >= 4 is 39.9 Å². The summed E-state index contributed by atoms with van der Waals surface area (Å²) >= 11 is 12.7. The summed E-state index contributed by atoms with van der Waals surface area (Å²) in [6.45, 7) is 4.00. The van der Waals surface area contributed by atoms with Crippen LogP contribution in [0.4, 0.5) is 5.69 Å². The van der Waals surface area contributed by atoms with Crippen LogP contribution in [0.3, 0.4) is 0 Å². The quantitative estimate of drug-likeness (QED) is 0.753. The van der Waals surface area contributed by atoms with E-state index in [4.69, 9.17) is 23.2 Å². The largest absolute Gasteiger partial charge is 0.357 e. The summed E-state index contributed by atoms with van der Waals surface area (Å²) in [5, 5.41) is 0.625. The number of halogens is 2. The van der Waals surface area contributed by atoms with E-state index >= 15 is 0 Å². The normalized spacial score (nSPS) is 18.2. The number of nitrogens with zero attached hydrogens (tertiary/aromatic N) is 5. The number of likely N-dealkylation sites (tertiary alicyclic amines) is 1. The zero-order chi connectivity index (χ0) is 18.5. The fraction of sp³-hybridized carbons (Fsp3) is 0.562. The van der Waals surface area contributed by atoms with Gasteiger partial charge >= 0.3 is 5.69 Å². The number of rotatable bonds is 3. The molecule has 0 amide bonds. The molecule has 2 aromatic rings. The first-order valence-corrected chi connectivity index (χ1v) is 8.96. The highest BCUT2D eigenvalue weighted by Crippen LogP contribution is 2.38. The summed E-state index contributed by atoms with van der Waals surface area (Å²) in [4.78, 5) is 33.5. The molecular weight excluding hydrogens is 365 g/mol. The first-order valence-electron chi connectivity index (χ1n) is 8.21. The fourth-order valence-electron chi connectivity index (χ4n) is 3.62. The van der Waals surface area contributed by atoms with E-state index in [1.165, 1.54) is 11.6 Å². The Balaban J connectivity index is 2.36. The second-order valence-corrected chi connectivity index (χ2v) is 7.07. The topological polar surface area (TPSA) is 63.4 Å². The Kier molecular flexibility index (Phi) is 4.83. The van der Waals surface area contributed by atoms with Gasteiger partial charge in [-0.1, -0.05) is 30.1 Å². The lowest BCUT2D eigenvalue weighted by Crippen LogP contribution is -2.44. The highest BCUT2D eigenvalue weighted by Gasteiger charge is 2.31. The highest BCUT2D eigenvalue weighted by atomic mass is 35.5. The molecule has 136 valence electrons. The van der Waals surface area contributed by atoms with Crippen molar-refractivity contribution in [1.82, 2.24) is 19.0 Å². The molecule has 0 bridgehead atoms. The predicted octanol–water partition coefficient (Wildman–Crippen LogP) is 1.82. The summed E-state index contributed by atoms with van der Waals surface area (Å²) in [6, 6.07) is 0. The summed E-state index contributed by atoms with van der Waals surface area (Å²) in [5.74, 6) is 0. The minimum absolute atomic E-state index is 0.0836. The molecule has 0 radical (unpaired) electrons. The summed E-state index contributed by atoms with van der Waals surface area (Å²) in [6.07, 6.45) is 2.16. The molecule has 0 spiro atoms. The molecule has 0 aliphatic carbocycles. The van der Waals surface area contributed by atoms with Crippen LogP contribution in [0.2, 0.25) is 10.2 Å². The van der Waals surface area contributed by atoms with Gasteiger partial charge in [0.25, 0.3) is 5.56 Å². The Morgan fingerprint density at radius 3 is 2.56 bits per heavy atom. The molecule has 3 heterocycles. The van der Waals surface area contributed by atoms with Crippen molar-refractivity contribution in [2.45, 2.75) is 25.9 Å². The lowest BCUT2D eigenvalue weighted by Gasteiger charge is -2.34.